The fraction of sp³-hybridized carbons (Fsp3) is 0.263. The molecule has 0 aliphatic heterocycles. The average molecular weight is 383 g/mol. The minimum atomic E-state index is -0.105. The number of benzene rings is 2. The summed E-state index contributed by atoms with van der Waals surface area (Å²) in [4.78, 5) is 12.4. The van der Waals surface area contributed by atoms with E-state index in [-0.39, 0.29) is 11.7 Å². The van der Waals surface area contributed by atoms with Crippen molar-refractivity contribution in [1.29, 1.82) is 0 Å². The molecule has 0 saturated carbocycles. The smallest absolute Gasteiger partial charge is 0.234 e. The third-order valence-electron chi connectivity index (χ3n) is 4.01. The van der Waals surface area contributed by atoms with Crippen LogP contribution in [0.5, 0.6) is 5.75 Å². The van der Waals surface area contributed by atoms with Gasteiger partial charge in [-0.3, -0.25) is 4.79 Å². The van der Waals surface area contributed by atoms with E-state index in [9.17, 15) is 4.79 Å². The van der Waals surface area contributed by atoms with E-state index in [0.29, 0.717) is 10.9 Å². The Morgan fingerprint density at radius 1 is 1.26 bits per heavy atom. The normalized spacial score (nSPS) is 10.6. The number of amides is 1. The van der Waals surface area contributed by atoms with Crippen molar-refractivity contribution >= 4 is 23.4 Å². The number of nitrogens with zero attached hydrogens (tertiary/aromatic N) is 4. The van der Waals surface area contributed by atoms with Gasteiger partial charge in [-0.1, -0.05) is 43.0 Å². The Morgan fingerprint density at radius 3 is 2.85 bits per heavy atom. The molecule has 0 radical (unpaired) electrons. The lowest BCUT2D eigenvalue weighted by Crippen LogP contribution is -2.15. The van der Waals surface area contributed by atoms with Crippen LogP contribution < -0.4 is 10.1 Å². The molecule has 1 amide bonds. The number of carbonyl (C=O) groups excluding carboxylic acids is 1. The second-order valence-corrected chi connectivity index (χ2v) is 6.84. The van der Waals surface area contributed by atoms with Gasteiger partial charge < -0.3 is 10.1 Å². The molecule has 2 aromatic carbocycles. The summed E-state index contributed by atoms with van der Waals surface area (Å²) in [5.41, 5.74) is 3.74. The van der Waals surface area contributed by atoms with Gasteiger partial charge in [-0.05, 0) is 53.1 Å². The first-order chi connectivity index (χ1) is 13.1. The van der Waals surface area contributed by atoms with Crippen LogP contribution in [-0.4, -0.2) is 39.0 Å². The van der Waals surface area contributed by atoms with Gasteiger partial charge in [-0.15, -0.1) is 5.10 Å². The molecule has 0 unspecified atom stereocenters. The minimum Gasteiger partial charge on any atom is -0.494 e. The van der Waals surface area contributed by atoms with Crippen LogP contribution in [0.3, 0.4) is 0 Å². The highest BCUT2D eigenvalue weighted by Gasteiger charge is 2.15. The molecule has 0 fully saturated rings. The summed E-state index contributed by atoms with van der Waals surface area (Å²) in [6.07, 6.45) is 0.856. The van der Waals surface area contributed by atoms with Crippen LogP contribution in [0, 0.1) is 6.92 Å². The van der Waals surface area contributed by atoms with E-state index in [1.54, 1.807) is 11.8 Å². The van der Waals surface area contributed by atoms with E-state index < -0.39 is 0 Å². The first-order valence-electron chi connectivity index (χ1n) is 8.56. The van der Waals surface area contributed by atoms with Gasteiger partial charge in [0, 0.05) is 5.69 Å². The number of methoxy groups -OCH3 is 1. The molecule has 1 aromatic heterocycles. The molecule has 0 atom stereocenters. The van der Waals surface area contributed by atoms with Gasteiger partial charge in [0.05, 0.1) is 12.9 Å². The number of anilines is 1. The number of tetrazole rings is 1. The largest absolute Gasteiger partial charge is 0.494 e. The van der Waals surface area contributed by atoms with Gasteiger partial charge in [0.2, 0.25) is 11.1 Å². The quantitative estimate of drug-likeness (QED) is 0.631. The first-order valence-corrected chi connectivity index (χ1v) is 9.55. The number of hydrogen-bond donors (Lipinski definition) is 1. The third-order valence-corrected chi connectivity index (χ3v) is 4.93. The second-order valence-electron chi connectivity index (χ2n) is 5.90. The molecule has 3 rings (SSSR count). The highest BCUT2D eigenvalue weighted by Crippen LogP contribution is 2.27. The summed E-state index contributed by atoms with van der Waals surface area (Å²) in [5.74, 6) is 0.759. The number of hydrogen-bond acceptors (Lipinski definition) is 6. The summed E-state index contributed by atoms with van der Waals surface area (Å²) in [5, 5.41) is 15.3. The maximum Gasteiger partial charge on any atom is 0.234 e. The Kier molecular flexibility index (Phi) is 6.08. The van der Waals surface area contributed by atoms with Crippen LogP contribution >= 0.6 is 11.8 Å². The molecule has 0 spiro atoms. The van der Waals surface area contributed by atoms with Gasteiger partial charge >= 0.3 is 0 Å². The van der Waals surface area contributed by atoms with Crippen LogP contribution in [0.4, 0.5) is 5.69 Å². The molecule has 0 aliphatic rings. The van der Waals surface area contributed by atoms with Crippen LogP contribution in [-0.2, 0) is 11.2 Å². The van der Waals surface area contributed by atoms with E-state index in [1.165, 1.54) is 11.8 Å². The molecule has 0 saturated heterocycles. The highest BCUT2D eigenvalue weighted by atomic mass is 32.2. The van der Waals surface area contributed by atoms with Crippen LogP contribution in [0.25, 0.3) is 5.69 Å². The zero-order valence-corrected chi connectivity index (χ0v) is 16.3. The molecule has 3 aromatic rings. The van der Waals surface area contributed by atoms with Crippen molar-refractivity contribution < 1.29 is 9.53 Å². The van der Waals surface area contributed by atoms with Crippen molar-refractivity contribution in [3.05, 3.63) is 53.6 Å². The number of ether oxygens (including phenoxy) is 1. The van der Waals surface area contributed by atoms with Gasteiger partial charge in [-0.25, -0.2) is 0 Å². The zero-order valence-electron chi connectivity index (χ0n) is 15.5. The van der Waals surface area contributed by atoms with Crippen LogP contribution in [0.2, 0.25) is 0 Å². The predicted molar refractivity (Wildman–Crippen MR) is 106 cm³/mol. The monoisotopic (exact) mass is 383 g/mol. The Labute approximate surface area is 162 Å². The van der Waals surface area contributed by atoms with E-state index in [2.05, 4.69) is 27.8 Å². The van der Waals surface area contributed by atoms with Crippen LogP contribution in [0.15, 0.2) is 47.6 Å². The Balaban J connectivity index is 1.72. The first kappa shape index (κ1) is 18.9. The second kappa shape index (κ2) is 8.68. The molecule has 27 heavy (non-hydrogen) atoms. The molecule has 140 valence electrons. The van der Waals surface area contributed by atoms with Gasteiger partial charge in [-0.2, -0.15) is 4.68 Å². The Bertz CT molecular complexity index is 941. The number of carbonyl (C=O) groups is 1. The summed E-state index contributed by atoms with van der Waals surface area (Å²) in [6.45, 7) is 4.04. The number of aryl methyl sites for hydroxylation is 2. The van der Waals surface area contributed by atoms with Crippen molar-refractivity contribution in [1.82, 2.24) is 20.2 Å². The van der Waals surface area contributed by atoms with Crippen molar-refractivity contribution in [3.8, 4) is 11.4 Å². The van der Waals surface area contributed by atoms with Crippen molar-refractivity contribution in [2.45, 2.75) is 25.4 Å². The number of nitrogens with one attached hydrogen (secondary N) is 1. The van der Waals surface area contributed by atoms with Crippen LogP contribution in [0.1, 0.15) is 18.1 Å². The molecular weight excluding hydrogens is 362 g/mol. The Morgan fingerprint density at radius 2 is 2.07 bits per heavy atom. The number of thioether (sulfide) groups is 1. The van der Waals surface area contributed by atoms with Gasteiger partial charge in [0.25, 0.3) is 0 Å². The number of para-hydroxylation sites is 1. The number of rotatable bonds is 7. The maximum atomic E-state index is 12.4. The fourth-order valence-corrected chi connectivity index (χ4v) is 3.34. The molecule has 1 N–H and O–H groups in total. The minimum absolute atomic E-state index is 0.105. The van der Waals surface area contributed by atoms with Crippen molar-refractivity contribution in [2.75, 3.05) is 18.2 Å². The van der Waals surface area contributed by atoms with Crippen molar-refractivity contribution in [2.24, 2.45) is 0 Å². The fourth-order valence-electron chi connectivity index (χ4n) is 2.65. The Hall–Kier alpha value is -2.87. The summed E-state index contributed by atoms with van der Waals surface area (Å²) >= 11 is 1.27. The number of aromatic nitrogens is 4. The van der Waals surface area contributed by atoms with Gasteiger partial charge in [0.15, 0.2) is 0 Å². The van der Waals surface area contributed by atoms with E-state index in [1.807, 2.05) is 49.4 Å². The van der Waals surface area contributed by atoms with E-state index in [0.717, 1.165) is 28.9 Å². The molecule has 1 heterocycles. The predicted octanol–water partition coefficient (Wildman–Crippen LogP) is 3.27. The molecule has 7 nitrogen and oxygen atoms in total. The lowest BCUT2D eigenvalue weighted by molar-refractivity contribution is -0.113. The standard InChI is InChI=1S/C19H21N5O2S/c1-4-14-7-5-6-8-15(14)20-18(25)12-27-19-21-22-23-24(19)16-11-13(2)9-10-17(16)26-3/h5-11H,4,12H2,1-3H3,(H,20,25). The molecule has 0 aliphatic carbocycles. The van der Waals surface area contributed by atoms with Crippen molar-refractivity contribution in [3.63, 3.8) is 0 Å². The topological polar surface area (TPSA) is 81.9 Å². The molecule has 0 bridgehead atoms. The molecular formula is C19H21N5O2S. The molecule has 8 heteroatoms. The average Bonchev–Trinajstić information content (AvgIpc) is 3.15. The van der Waals surface area contributed by atoms with E-state index in [4.69, 9.17) is 4.74 Å². The third kappa shape index (κ3) is 4.46. The lowest BCUT2D eigenvalue weighted by atomic mass is 10.1. The van der Waals surface area contributed by atoms with E-state index >= 15 is 0 Å². The summed E-state index contributed by atoms with van der Waals surface area (Å²) in [6, 6.07) is 13.6. The summed E-state index contributed by atoms with van der Waals surface area (Å²) in [7, 11) is 1.60. The lowest BCUT2D eigenvalue weighted by Gasteiger charge is -2.11. The SMILES string of the molecule is CCc1ccccc1NC(=O)CSc1nnnn1-c1cc(C)ccc1OC. The van der Waals surface area contributed by atoms with Gasteiger partial charge in [0.1, 0.15) is 11.4 Å². The summed E-state index contributed by atoms with van der Waals surface area (Å²) < 4.78 is 6.99. The zero-order chi connectivity index (χ0) is 19.2. The maximum absolute atomic E-state index is 12.4. The highest BCUT2D eigenvalue weighted by molar-refractivity contribution is 7.99.